The van der Waals surface area contributed by atoms with E-state index in [9.17, 15) is 14.4 Å². The first-order valence-electron chi connectivity index (χ1n) is 8.30. The van der Waals surface area contributed by atoms with Crippen LogP contribution < -0.4 is 14.2 Å². The number of rotatable bonds is 9. The Balaban J connectivity index is 3.44. The molecule has 0 atom stereocenters. The van der Waals surface area contributed by atoms with Crippen LogP contribution in [-0.2, 0) is 19.1 Å². The molecule has 1 aromatic rings. The van der Waals surface area contributed by atoms with Crippen LogP contribution in [0.1, 0.15) is 39.2 Å². The molecule has 0 radical (unpaired) electrons. The molecule has 0 aliphatic rings. The molecule has 0 amide bonds. The molecule has 0 heterocycles. The number of carbonyl (C=O) groups excluding carboxylic acids is 3. The number of hydrogen-bond donors (Lipinski definition) is 0. The minimum absolute atomic E-state index is 0.0724. The predicted molar refractivity (Wildman–Crippen MR) is 95.4 cm³/mol. The van der Waals surface area contributed by atoms with Gasteiger partial charge < -0.3 is 18.9 Å². The molecule has 0 aliphatic heterocycles. The Bertz CT molecular complexity index is 679. The molecule has 0 saturated heterocycles. The third-order valence-electron chi connectivity index (χ3n) is 3.42. The standard InChI is InChI=1S/C19H24O7/c1-6-14(20)13(19(22)25-8-3)9-12-10-15(23-4)18(16(11-12)24-5)26-17(21)7-2/h9-11H,6-8H2,1-5H3/b13-9+. The summed E-state index contributed by atoms with van der Waals surface area (Å²) >= 11 is 0. The molecule has 0 fully saturated rings. The normalized spacial score (nSPS) is 10.9. The Hall–Kier alpha value is -2.83. The van der Waals surface area contributed by atoms with Gasteiger partial charge in [0.2, 0.25) is 5.75 Å². The number of hydrogen-bond acceptors (Lipinski definition) is 7. The molecule has 142 valence electrons. The van der Waals surface area contributed by atoms with Gasteiger partial charge in [-0.3, -0.25) is 9.59 Å². The topological polar surface area (TPSA) is 88.1 Å². The van der Waals surface area contributed by atoms with Gasteiger partial charge in [-0.1, -0.05) is 13.8 Å². The number of ether oxygens (including phenoxy) is 4. The van der Waals surface area contributed by atoms with Crippen molar-refractivity contribution >= 4 is 23.8 Å². The van der Waals surface area contributed by atoms with Gasteiger partial charge in [0.15, 0.2) is 17.3 Å². The van der Waals surface area contributed by atoms with E-state index in [4.69, 9.17) is 18.9 Å². The van der Waals surface area contributed by atoms with Crippen LogP contribution >= 0.6 is 0 Å². The summed E-state index contributed by atoms with van der Waals surface area (Å²) in [6.45, 7) is 5.14. The average molecular weight is 364 g/mol. The van der Waals surface area contributed by atoms with E-state index in [0.717, 1.165) is 0 Å². The van der Waals surface area contributed by atoms with Crippen molar-refractivity contribution in [2.45, 2.75) is 33.6 Å². The van der Waals surface area contributed by atoms with Crippen LogP contribution in [0.4, 0.5) is 0 Å². The van der Waals surface area contributed by atoms with Crippen LogP contribution in [0.5, 0.6) is 17.2 Å². The van der Waals surface area contributed by atoms with Crippen LogP contribution in [0.2, 0.25) is 0 Å². The first-order valence-corrected chi connectivity index (χ1v) is 8.30. The predicted octanol–water partition coefficient (Wildman–Crippen LogP) is 2.94. The highest BCUT2D eigenvalue weighted by molar-refractivity contribution is 6.20. The summed E-state index contributed by atoms with van der Waals surface area (Å²) < 4.78 is 20.7. The van der Waals surface area contributed by atoms with Crippen molar-refractivity contribution in [2.75, 3.05) is 20.8 Å². The van der Waals surface area contributed by atoms with Crippen molar-refractivity contribution < 1.29 is 33.3 Å². The second-order valence-corrected chi connectivity index (χ2v) is 5.14. The number of carbonyl (C=O) groups is 3. The SMILES string of the molecule is CCOC(=O)/C(=C/c1cc(OC)c(OC(=O)CC)c(OC)c1)C(=O)CC. The lowest BCUT2D eigenvalue weighted by molar-refractivity contribution is -0.140. The maximum Gasteiger partial charge on any atom is 0.341 e. The lowest BCUT2D eigenvalue weighted by Crippen LogP contribution is -2.15. The van der Waals surface area contributed by atoms with E-state index in [1.165, 1.54) is 20.3 Å². The quantitative estimate of drug-likeness (QED) is 0.219. The van der Waals surface area contributed by atoms with Crippen LogP contribution in [0.15, 0.2) is 17.7 Å². The number of methoxy groups -OCH3 is 2. The van der Waals surface area contributed by atoms with E-state index in [2.05, 4.69) is 0 Å². The van der Waals surface area contributed by atoms with E-state index >= 15 is 0 Å². The molecule has 0 bridgehead atoms. The molecule has 0 aromatic heterocycles. The molecule has 0 aliphatic carbocycles. The van der Waals surface area contributed by atoms with Crippen molar-refractivity contribution in [3.8, 4) is 17.2 Å². The summed E-state index contributed by atoms with van der Waals surface area (Å²) in [4.78, 5) is 35.8. The van der Waals surface area contributed by atoms with Gasteiger partial charge in [-0.15, -0.1) is 0 Å². The highest BCUT2D eigenvalue weighted by atomic mass is 16.6. The van der Waals surface area contributed by atoms with Gasteiger partial charge in [0, 0.05) is 12.8 Å². The van der Waals surface area contributed by atoms with E-state index in [1.54, 1.807) is 32.9 Å². The van der Waals surface area contributed by atoms with Crippen LogP contribution in [0, 0.1) is 0 Å². The number of benzene rings is 1. The van der Waals surface area contributed by atoms with Gasteiger partial charge >= 0.3 is 11.9 Å². The van der Waals surface area contributed by atoms with E-state index in [1.807, 2.05) is 0 Å². The second kappa shape index (κ2) is 10.2. The van der Waals surface area contributed by atoms with Crippen LogP contribution in [0.25, 0.3) is 6.08 Å². The fraction of sp³-hybridized carbons (Fsp3) is 0.421. The van der Waals surface area contributed by atoms with Crippen molar-refractivity contribution in [1.29, 1.82) is 0 Å². The summed E-state index contributed by atoms with van der Waals surface area (Å²) in [6, 6.07) is 3.09. The Kier molecular flexibility index (Phi) is 8.34. The second-order valence-electron chi connectivity index (χ2n) is 5.14. The minimum atomic E-state index is -0.696. The highest BCUT2D eigenvalue weighted by Crippen LogP contribution is 2.39. The van der Waals surface area contributed by atoms with Gasteiger partial charge in [-0.05, 0) is 30.7 Å². The fourth-order valence-corrected chi connectivity index (χ4v) is 2.09. The highest BCUT2D eigenvalue weighted by Gasteiger charge is 2.20. The zero-order chi connectivity index (χ0) is 19.7. The first kappa shape index (κ1) is 21.2. The molecule has 1 rings (SSSR count). The zero-order valence-electron chi connectivity index (χ0n) is 15.7. The molecule has 26 heavy (non-hydrogen) atoms. The van der Waals surface area contributed by atoms with E-state index < -0.39 is 11.9 Å². The van der Waals surface area contributed by atoms with Gasteiger partial charge in [-0.2, -0.15) is 0 Å². The Morgan fingerprint density at radius 2 is 1.54 bits per heavy atom. The summed E-state index contributed by atoms with van der Waals surface area (Å²) in [6.07, 6.45) is 1.75. The molecule has 7 nitrogen and oxygen atoms in total. The van der Waals surface area contributed by atoms with Crippen molar-refractivity contribution in [3.05, 3.63) is 23.3 Å². The average Bonchev–Trinajstić information content (AvgIpc) is 2.65. The maximum absolute atomic E-state index is 12.1. The van der Waals surface area contributed by atoms with Gasteiger partial charge in [0.05, 0.1) is 20.8 Å². The maximum atomic E-state index is 12.1. The molecule has 0 saturated carbocycles. The third kappa shape index (κ3) is 5.34. The van der Waals surface area contributed by atoms with Crippen LogP contribution in [-0.4, -0.2) is 38.5 Å². The summed E-state index contributed by atoms with van der Waals surface area (Å²) in [7, 11) is 2.82. The molecular formula is C19H24O7. The first-order chi connectivity index (χ1) is 12.4. The molecule has 0 N–H and O–H groups in total. The smallest absolute Gasteiger partial charge is 0.341 e. The van der Waals surface area contributed by atoms with E-state index in [0.29, 0.717) is 5.56 Å². The number of Topliss-reactive ketones (excluding diaryl/α,β-unsaturated/α-hetero) is 1. The molecule has 7 heteroatoms. The number of esters is 2. The van der Waals surface area contributed by atoms with Crippen molar-refractivity contribution in [2.24, 2.45) is 0 Å². The Morgan fingerprint density at radius 3 is 1.96 bits per heavy atom. The van der Waals surface area contributed by atoms with Crippen molar-refractivity contribution in [1.82, 2.24) is 0 Å². The zero-order valence-corrected chi connectivity index (χ0v) is 15.7. The fourth-order valence-electron chi connectivity index (χ4n) is 2.09. The Morgan fingerprint density at radius 1 is 0.962 bits per heavy atom. The van der Waals surface area contributed by atoms with Crippen LogP contribution in [0.3, 0.4) is 0 Å². The van der Waals surface area contributed by atoms with Gasteiger partial charge in [0.25, 0.3) is 0 Å². The monoisotopic (exact) mass is 364 g/mol. The summed E-state index contributed by atoms with van der Waals surface area (Å²) in [5.74, 6) is -0.868. The lowest BCUT2D eigenvalue weighted by atomic mass is 10.0. The summed E-state index contributed by atoms with van der Waals surface area (Å²) in [5, 5.41) is 0. The number of ketones is 1. The molecule has 0 unspecified atom stereocenters. The van der Waals surface area contributed by atoms with Crippen molar-refractivity contribution in [3.63, 3.8) is 0 Å². The van der Waals surface area contributed by atoms with Gasteiger partial charge in [0.1, 0.15) is 5.57 Å². The molecule has 1 aromatic carbocycles. The third-order valence-corrected chi connectivity index (χ3v) is 3.42. The largest absolute Gasteiger partial charge is 0.493 e. The summed E-state index contributed by atoms with van der Waals surface area (Å²) in [5.41, 5.74) is 0.400. The minimum Gasteiger partial charge on any atom is -0.493 e. The Labute approximate surface area is 152 Å². The molecule has 0 spiro atoms. The van der Waals surface area contributed by atoms with Gasteiger partial charge in [-0.25, -0.2) is 4.79 Å². The molecular weight excluding hydrogens is 340 g/mol. The van der Waals surface area contributed by atoms with E-state index in [-0.39, 0.29) is 48.1 Å². The lowest BCUT2D eigenvalue weighted by Gasteiger charge is -2.14.